The third-order valence-electron chi connectivity index (χ3n) is 19.2. The first-order valence-electron chi connectivity index (χ1n) is 33.9. The second-order valence-corrected chi connectivity index (χ2v) is 27.9. The van der Waals surface area contributed by atoms with Crippen molar-refractivity contribution in [3.8, 4) is 0 Å². The maximum Gasteiger partial charge on any atom is 0.246 e. The maximum absolute atomic E-state index is 15.1. The second kappa shape index (κ2) is 37.1. The molecule has 0 spiro atoms. The molecule has 11 atom stereocenters. The van der Waals surface area contributed by atoms with Crippen molar-refractivity contribution < 1.29 is 62.6 Å². The highest BCUT2D eigenvalue weighted by Gasteiger charge is 2.43. The largest absolute Gasteiger partial charge is 0.393 e. The van der Waals surface area contributed by atoms with Crippen LogP contribution in [0.5, 0.6) is 0 Å². The molecule has 4 rings (SSSR count). The Hall–Kier alpha value is -7.36. The SMILES string of the molecule is CC[C@H](C)[C@H]1C(=O)N(C)CC(=O)N(C)[C@@H](Cc2ccccc2)C(=O)C[C@H](C(=O)N2CCCCC2)CC(=O)N(C)CCC(=O)N(C)[C@@H](C(C)C)C(=O)N(C)[C@@H](CC(C)C)C(=O)N[C@@H](CC(C)C)C(=O)C[C@@H]([C@@H](C)O)C(=O)N(C)[C@@H](C)C(=O)C[C@@H](Cc2ccccc2)C(=O)N1C. The molecule has 2 aromatic carbocycles. The lowest BCUT2D eigenvalue weighted by Crippen LogP contribution is -2.58. The Bertz CT molecular complexity index is 2920. The van der Waals surface area contributed by atoms with Gasteiger partial charge in [0, 0.05) is 107 Å². The van der Waals surface area contributed by atoms with Gasteiger partial charge in [0.25, 0.3) is 0 Å². The third-order valence-corrected chi connectivity index (χ3v) is 19.2. The number of rotatable bonds is 13. The van der Waals surface area contributed by atoms with Crippen LogP contribution in [-0.2, 0) is 70.4 Å². The molecule has 0 bridgehead atoms. The van der Waals surface area contributed by atoms with Gasteiger partial charge in [-0.25, -0.2) is 0 Å². The number of Topliss-reactive ketones (excluding diaryl/α,β-unsaturated/α-hetero) is 3. The number of carbonyl (C=O) groups excluding carboxylic acids is 12. The van der Waals surface area contributed by atoms with Crippen LogP contribution in [0.4, 0.5) is 0 Å². The molecule has 22 heteroatoms. The molecule has 2 fully saturated rings. The molecular weight excluding hydrogens is 1200 g/mol. The number of aliphatic hydroxyl groups is 1. The summed E-state index contributed by atoms with van der Waals surface area (Å²) in [6.07, 6.45) is -0.170. The van der Waals surface area contributed by atoms with Gasteiger partial charge in [-0.3, -0.25) is 57.5 Å². The fraction of sp³-hybridized carbons (Fsp3) is 0.667. The normalized spacial score (nSPS) is 25.8. The molecule has 0 saturated carbocycles. The molecule has 0 unspecified atom stereocenters. The van der Waals surface area contributed by atoms with Crippen LogP contribution in [0.2, 0.25) is 0 Å². The Morgan fingerprint density at radius 2 is 1.10 bits per heavy atom. The van der Waals surface area contributed by atoms with Crippen molar-refractivity contribution in [3.05, 3.63) is 71.8 Å². The Morgan fingerprint density at radius 1 is 0.532 bits per heavy atom. The molecule has 522 valence electrons. The van der Waals surface area contributed by atoms with E-state index in [1.807, 2.05) is 71.0 Å². The fourth-order valence-electron chi connectivity index (χ4n) is 12.8. The lowest BCUT2D eigenvalue weighted by molar-refractivity contribution is -0.151. The molecule has 22 nitrogen and oxygen atoms in total. The van der Waals surface area contributed by atoms with Crippen LogP contribution in [0.25, 0.3) is 0 Å². The zero-order chi connectivity index (χ0) is 70.6. The van der Waals surface area contributed by atoms with Gasteiger partial charge < -0.3 is 49.6 Å². The van der Waals surface area contributed by atoms with E-state index >= 15 is 9.59 Å². The molecule has 0 radical (unpaired) electrons. The number of nitrogens with one attached hydrogen (secondary N) is 1. The summed E-state index contributed by atoms with van der Waals surface area (Å²) in [5, 5.41) is 14.1. The maximum atomic E-state index is 15.1. The number of hydrogen-bond acceptors (Lipinski definition) is 13. The highest BCUT2D eigenvalue weighted by atomic mass is 16.3. The molecule has 2 N–H and O–H groups in total. The van der Waals surface area contributed by atoms with Crippen molar-refractivity contribution in [2.75, 3.05) is 75.5 Å². The summed E-state index contributed by atoms with van der Waals surface area (Å²) in [4.78, 5) is 187. The lowest BCUT2D eigenvalue weighted by Gasteiger charge is -2.37. The van der Waals surface area contributed by atoms with Gasteiger partial charge in [0.1, 0.15) is 18.1 Å². The lowest BCUT2D eigenvalue weighted by atomic mass is 9.88. The highest BCUT2D eigenvalue weighted by molar-refractivity contribution is 5.99. The topological polar surface area (TPSA) is 263 Å². The number of carbonyl (C=O) groups is 12. The average Bonchev–Trinajstić information content (AvgIpc) is 0.859. The Balaban J connectivity index is 1.88. The van der Waals surface area contributed by atoms with Crippen LogP contribution in [-0.4, -0.2) is 233 Å². The molecule has 0 aliphatic carbocycles. The van der Waals surface area contributed by atoms with Gasteiger partial charge in [0.15, 0.2) is 17.3 Å². The van der Waals surface area contributed by atoms with Gasteiger partial charge in [-0.15, -0.1) is 0 Å². The molecule has 2 aliphatic heterocycles. The Kier molecular flexibility index (Phi) is 31.2. The summed E-state index contributed by atoms with van der Waals surface area (Å²) in [6, 6.07) is 11.1. The highest BCUT2D eigenvalue weighted by Crippen LogP contribution is 2.28. The number of hydrogen-bond donors (Lipinski definition) is 2. The summed E-state index contributed by atoms with van der Waals surface area (Å²) in [7, 11) is 10.2. The van der Waals surface area contributed by atoms with Gasteiger partial charge >= 0.3 is 0 Å². The molecule has 0 aromatic heterocycles. The standard InChI is InChI=1S/C72H111N9O13/c1-18-48(8)66-71(93)75(12)44-64(88)77(14)57(39-52-30-24-20-25-31-52)61(85)41-54(69(91)81-33-26-21-27-34-81)42-63(87)74(11)35-32-62(86)79(16)65(47(6)7)72(94)78(15)58(37-46(4)5)67(89)73-56(36-45(2)3)60(84)43-55(50(10)82)70(92)76(13)49(9)59(83)40-53(68(90)80(66)17)38-51-28-22-19-23-29-51/h19-20,22-25,28-31,45-50,53-58,65-66,82H,18,21,26-27,32-44H2,1-17H3,(H,73,89)/t48-,49-,50+,53+,54-,55-,56-,57-,58-,65-,66-/m0/s1. The van der Waals surface area contributed by atoms with Crippen LogP contribution >= 0.6 is 0 Å². The number of likely N-dealkylation sites (tertiary alicyclic amines) is 1. The van der Waals surface area contributed by atoms with E-state index in [-0.39, 0.29) is 62.8 Å². The number of likely N-dealkylation sites (N-methyl/N-ethyl adjacent to an activating group) is 6. The van der Waals surface area contributed by atoms with Crippen LogP contribution < -0.4 is 5.32 Å². The van der Waals surface area contributed by atoms with E-state index in [2.05, 4.69) is 5.32 Å². The van der Waals surface area contributed by atoms with E-state index in [1.54, 1.807) is 49.9 Å². The number of aliphatic hydroxyl groups excluding tert-OH is 1. The van der Waals surface area contributed by atoms with E-state index in [9.17, 15) is 53.1 Å². The molecule has 2 heterocycles. The molecule has 2 aliphatic rings. The monoisotopic (exact) mass is 1310 g/mol. The van der Waals surface area contributed by atoms with Crippen LogP contribution in [0.1, 0.15) is 151 Å². The first-order valence-corrected chi connectivity index (χ1v) is 33.9. The van der Waals surface area contributed by atoms with Gasteiger partial charge in [-0.1, -0.05) is 122 Å². The number of ketones is 3. The Morgan fingerprint density at radius 3 is 1.63 bits per heavy atom. The second-order valence-electron chi connectivity index (χ2n) is 27.9. The number of nitrogens with zero attached hydrogens (tertiary/aromatic N) is 8. The zero-order valence-electron chi connectivity index (χ0n) is 59.3. The predicted molar refractivity (Wildman–Crippen MR) is 360 cm³/mol. The number of benzene rings is 2. The average molecular weight is 1310 g/mol. The minimum absolute atomic E-state index is 0.0331. The minimum atomic E-state index is -1.40. The molecule has 94 heavy (non-hydrogen) atoms. The van der Waals surface area contributed by atoms with E-state index in [0.717, 1.165) is 29.7 Å². The van der Waals surface area contributed by atoms with Crippen molar-refractivity contribution in [1.29, 1.82) is 0 Å². The van der Waals surface area contributed by atoms with Gasteiger partial charge in [0.2, 0.25) is 53.2 Å². The third kappa shape index (κ3) is 22.1. The summed E-state index contributed by atoms with van der Waals surface area (Å²) in [5.41, 5.74) is 1.42. The quantitative estimate of drug-likeness (QED) is 0.243. The zero-order valence-corrected chi connectivity index (χ0v) is 59.3. The Labute approximate surface area is 559 Å². The van der Waals surface area contributed by atoms with Crippen molar-refractivity contribution in [2.45, 2.75) is 195 Å². The van der Waals surface area contributed by atoms with Crippen molar-refractivity contribution in [3.63, 3.8) is 0 Å². The summed E-state index contributed by atoms with van der Waals surface area (Å²) in [5.74, 6) is -11.5. The van der Waals surface area contributed by atoms with E-state index in [0.29, 0.717) is 25.1 Å². The molecule has 2 saturated heterocycles. The van der Waals surface area contributed by atoms with E-state index in [4.69, 9.17) is 0 Å². The summed E-state index contributed by atoms with van der Waals surface area (Å²) in [6.45, 7) is 17.7. The molecular formula is C72H111N9O13. The first kappa shape index (κ1) is 79.1. The molecule has 2 aromatic rings. The number of amides is 9. The first-order chi connectivity index (χ1) is 44.1. The van der Waals surface area contributed by atoms with Gasteiger partial charge in [-0.2, -0.15) is 0 Å². The fourth-order valence-corrected chi connectivity index (χ4v) is 12.8. The molecule has 9 amide bonds. The minimum Gasteiger partial charge on any atom is -0.393 e. The van der Waals surface area contributed by atoms with Crippen molar-refractivity contribution >= 4 is 70.5 Å². The van der Waals surface area contributed by atoms with Crippen LogP contribution in [0, 0.1) is 41.4 Å². The van der Waals surface area contributed by atoms with E-state index in [1.165, 1.54) is 92.6 Å². The van der Waals surface area contributed by atoms with Crippen LogP contribution in [0.3, 0.4) is 0 Å². The van der Waals surface area contributed by atoms with Crippen molar-refractivity contribution in [1.82, 2.24) is 44.5 Å². The summed E-state index contributed by atoms with van der Waals surface area (Å²) >= 11 is 0. The van der Waals surface area contributed by atoms with E-state index < -0.39 is 162 Å². The van der Waals surface area contributed by atoms with Crippen LogP contribution in [0.15, 0.2) is 60.7 Å². The van der Waals surface area contributed by atoms with Gasteiger partial charge in [-0.05, 0) is 93.6 Å². The predicted octanol–water partition coefficient (Wildman–Crippen LogP) is 5.74. The van der Waals surface area contributed by atoms with Crippen molar-refractivity contribution in [2.24, 2.45) is 41.4 Å². The number of piperidine rings is 1. The van der Waals surface area contributed by atoms with Gasteiger partial charge in [0.05, 0.1) is 42.6 Å². The summed E-state index contributed by atoms with van der Waals surface area (Å²) < 4.78 is 0. The smallest absolute Gasteiger partial charge is 0.246 e.